The summed E-state index contributed by atoms with van der Waals surface area (Å²) in [6.45, 7) is 7.77. The largest absolute Gasteiger partial charge is 0.348 e. The van der Waals surface area contributed by atoms with Crippen molar-refractivity contribution in [2.75, 3.05) is 6.54 Å². The molecule has 1 aliphatic rings. The monoisotopic (exact) mass is 338 g/mol. The molecule has 3 aromatic heterocycles. The van der Waals surface area contributed by atoms with Crippen molar-refractivity contribution in [1.29, 1.82) is 0 Å². The summed E-state index contributed by atoms with van der Waals surface area (Å²) < 4.78 is 3.94. The van der Waals surface area contributed by atoms with Crippen molar-refractivity contribution in [2.45, 2.75) is 45.7 Å². The van der Waals surface area contributed by atoms with E-state index in [4.69, 9.17) is 0 Å². The van der Waals surface area contributed by atoms with Crippen molar-refractivity contribution in [2.24, 2.45) is 0 Å². The average molecular weight is 338 g/mol. The number of rotatable bonds is 3. The maximum absolute atomic E-state index is 13.2. The molecule has 0 aromatic carbocycles. The molecule has 0 fully saturated rings. The highest BCUT2D eigenvalue weighted by molar-refractivity contribution is 5.93. The first-order valence-electron chi connectivity index (χ1n) is 8.76. The second-order valence-corrected chi connectivity index (χ2v) is 6.74. The van der Waals surface area contributed by atoms with E-state index < -0.39 is 0 Å². The molecule has 1 amide bonds. The van der Waals surface area contributed by atoms with Crippen LogP contribution in [0.15, 0.2) is 30.7 Å². The Balaban J connectivity index is 1.75. The first-order valence-corrected chi connectivity index (χ1v) is 8.76. The van der Waals surface area contributed by atoms with Gasteiger partial charge in [-0.3, -0.25) is 4.79 Å². The fourth-order valence-electron chi connectivity index (χ4n) is 3.64. The zero-order chi connectivity index (χ0) is 17.6. The highest BCUT2D eigenvalue weighted by Crippen LogP contribution is 2.30. The van der Waals surface area contributed by atoms with E-state index in [0.29, 0.717) is 18.0 Å². The van der Waals surface area contributed by atoms with Gasteiger partial charge in [0.1, 0.15) is 12.0 Å². The SMILES string of the molecule is CC[C@H]1c2cccn2CCN1C(=O)c1cc(C(C)C)n2ncnc2n1. The summed E-state index contributed by atoms with van der Waals surface area (Å²) in [5, 5.41) is 4.22. The molecule has 130 valence electrons. The van der Waals surface area contributed by atoms with Gasteiger partial charge < -0.3 is 9.47 Å². The molecule has 0 saturated carbocycles. The molecule has 0 bridgehead atoms. The van der Waals surface area contributed by atoms with Crippen LogP contribution in [-0.4, -0.2) is 41.5 Å². The Labute approximate surface area is 146 Å². The van der Waals surface area contributed by atoms with Gasteiger partial charge in [-0.15, -0.1) is 0 Å². The van der Waals surface area contributed by atoms with Gasteiger partial charge in [-0.1, -0.05) is 20.8 Å². The van der Waals surface area contributed by atoms with Crippen LogP contribution in [0.2, 0.25) is 0 Å². The first-order chi connectivity index (χ1) is 12.1. The summed E-state index contributed by atoms with van der Waals surface area (Å²) >= 11 is 0. The maximum Gasteiger partial charge on any atom is 0.273 e. The molecule has 1 aliphatic heterocycles. The van der Waals surface area contributed by atoms with Gasteiger partial charge in [-0.2, -0.15) is 10.1 Å². The number of carbonyl (C=O) groups excluding carboxylic acids is 1. The highest BCUT2D eigenvalue weighted by Gasteiger charge is 2.31. The molecule has 4 rings (SSSR count). The van der Waals surface area contributed by atoms with E-state index in [2.05, 4.69) is 52.7 Å². The van der Waals surface area contributed by atoms with Gasteiger partial charge in [-0.05, 0) is 30.5 Å². The number of nitrogens with zero attached hydrogens (tertiary/aromatic N) is 6. The fourth-order valence-corrected chi connectivity index (χ4v) is 3.64. The molecule has 25 heavy (non-hydrogen) atoms. The molecule has 1 atom stereocenters. The molecule has 0 saturated heterocycles. The Morgan fingerprint density at radius 3 is 2.96 bits per heavy atom. The molecule has 0 N–H and O–H groups in total. The lowest BCUT2D eigenvalue weighted by molar-refractivity contribution is 0.0611. The van der Waals surface area contributed by atoms with Crippen molar-refractivity contribution in [3.63, 3.8) is 0 Å². The lowest BCUT2D eigenvalue weighted by atomic mass is 10.1. The lowest BCUT2D eigenvalue weighted by Crippen LogP contribution is -2.42. The number of hydrogen-bond acceptors (Lipinski definition) is 4. The van der Waals surface area contributed by atoms with E-state index in [0.717, 1.165) is 18.7 Å². The smallest absolute Gasteiger partial charge is 0.273 e. The summed E-state index contributed by atoms with van der Waals surface area (Å²) in [5.41, 5.74) is 2.58. The van der Waals surface area contributed by atoms with Crippen LogP contribution in [0.5, 0.6) is 0 Å². The summed E-state index contributed by atoms with van der Waals surface area (Å²) in [6, 6.07) is 6.08. The third-order valence-corrected chi connectivity index (χ3v) is 4.90. The summed E-state index contributed by atoms with van der Waals surface area (Å²) in [7, 11) is 0. The normalized spacial score (nSPS) is 17.3. The summed E-state index contributed by atoms with van der Waals surface area (Å²) in [4.78, 5) is 23.8. The van der Waals surface area contributed by atoms with E-state index in [1.54, 1.807) is 4.52 Å². The average Bonchev–Trinajstić information content (AvgIpc) is 3.27. The standard InChI is InChI=1S/C18H22N6O/c1-4-14-15-6-5-7-22(15)8-9-23(14)17(25)13-10-16(12(2)3)24-18(21-13)19-11-20-24/h5-7,10-12,14H,4,8-9H2,1-3H3/t14-/m0/s1. The Bertz CT molecular complexity index is 925. The van der Waals surface area contributed by atoms with Gasteiger partial charge in [0.15, 0.2) is 0 Å². The van der Waals surface area contributed by atoms with Crippen molar-refractivity contribution < 1.29 is 4.79 Å². The Hall–Kier alpha value is -2.70. The number of hydrogen-bond donors (Lipinski definition) is 0. The van der Waals surface area contributed by atoms with Gasteiger partial charge >= 0.3 is 0 Å². The van der Waals surface area contributed by atoms with Crippen molar-refractivity contribution >= 4 is 11.7 Å². The van der Waals surface area contributed by atoms with Crippen molar-refractivity contribution in [3.8, 4) is 0 Å². The zero-order valence-electron chi connectivity index (χ0n) is 14.8. The van der Waals surface area contributed by atoms with E-state index in [1.165, 1.54) is 12.0 Å². The summed E-state index contributed by atoms with van der Waals surface area (Å²) in [6.07, 6.45) is 4.43. The van der Waals surface area contributed by atoms with E-state index in [1.807, 2.05) is 17.0 Å². The zero-order valence-corrected chi connectivity index (χ0v) is 14.8. The predicted molar refractivity (Wildman–Crippen MR) is 93.4 cm³/mol. The van der Waals surface area contributed by atoms with Gasteiger partial charge in [0.05, 0.1) is 11.7 Å². The van der Waals surface area contributed by atoms with Crippen LogP contribution in [0, 0.1) is 0 Å². The second kappa shape index (κ2) is 5.98. The number of carbonyl (C=O) groups is 1. The number of fused-ring (bicyclic) bond motifs is 2. The minimum atomic E-state index is -0.0355. The third kappa shape index (κ3) is 2.50. The van der Waals surface area contributed by atoms with Crippen LogP contribution < -0.4 is 0 Å². The Morgan fingerprint density at radius 1 is 1.36 bits per heavy atom. The molecule has 7 heteroatoms. The van der Waals surface area contributed by atoms with Crippen LogP contribution in [0.3, 0.4) is 0 Å². The van der Waals surface area contributed by atoms with E-state index in [-0.39, 0.29) is 17.9 Å². The second-order valence-electron chi connectivity index (χ2n) is 6.74. The molecule has 0 radical (unpaired) electrons. The number of amides is 1. The number of aromatic nitrogens is 5. The van der Waals surface area contributed by atoms with Crippen LogP contribution in [0.25, 0.3) is 5.78 Å². The fraction of sp³-hybridized carbons (Fsp3) is 0.444. The van der Waals surface area contributed by atoms with Gasteiger partial charge in [0.2, 0.25) is 0 Å². The van der Waals surface area contributed by atoms with Crippen molar-refractivity contribution in [3.05, 3.63) is 47.8 Å². The molecular weight excluding hydrogens is 316 g/mol. The summed E-state index contributed by atoms with van der Waals surface area (Å²) in [5.74, 6) is 0.661. The highest BCUT2D eigenvalue weighted by atomic mass is 16.2. The van der Waals surface area contributed by atoms with Crippen LogP contribution in [-0.2, 0) is 6.54 Å². The molecule has 0 unspecified atom stereocenters. The third-order valence-electron chi connectivity index (χ3n) is 4.90. The minimum absolute atomic E-state index is 0.0355. The quantitative estimate of drug-likeness (QED) is 0.736. The maximum atomic E-state index is 13.2. The lowest BCUT2D eigenvalue weighted by Gasteiger charge is -2.36. The van der Waals surface area contributed by atoms with Crippen LogP contribution in [0.4, 0.5) is 0 Å². The molecule has 3 aromatic rings. The van der Waals surface area contributed by atoms with Gasteiger partial charge in [0.25, 0.3) is 11.7 Å². The molecule has 7 nitrogen and oxygen atoms in total. The molecule has 0 aliphatic carbocycles. The van der Waals surface area contributed by atoms with Crippen LogP contribution >= 0.6 is 0 Å². The van der Waals surface area contributed by atoms with E-state index >= 15 is 0 Å². The Morgan fingerprint density at radius 2 is 2.20 bits per heavy atom. The minimum Gasteiger partial charge on any atom is -0.348 e. The van der Waals surface area contributed by atoms with Gasteiger partial charge in [0, 0.05) is 25.0 Å². The van der Waals surface area contributed by atoms with Crippen LogP contribution in [0.1, 0.15) is 61.0 Å². The predicted octanol–water partition coefficient (Wildman–Crippen LogP) is 2.66. The van der Waals surface area contributed by atoms with Gasteiger partial charge in [-0.25, -0.2) is 9.50 Å². The molecule has 0 spiro atoms. The molecule has 4 heterocycles. The van der Waals surface area contributed by atoms with Crippen molar-refractivity contribution in [1.82, 2.24) is 29.0 Å². The molecular formula is C18H22N6O. The topological polar surface area (TPSA) is 68.3 Å². The van der Waals surface area contributed by atoms with E-state index in [9.17, 15) is 4.79 Å². The first kappa shape index (κ1) is 15.8. The Kier molecular flexibility index (Phi) is 3.78.